The molecule has 2 amide bonds. The molecular formula is C20H23N9O5. The van der Waals surface area contributed by atoms with E-state index >= 15 is 0 Å². The number of anilines is 1. The lowest BCUT2D eigenvalue weighted by Gasteiger charge is -2.28. The molecule has 0 spiro atoms. The highest BCUT2D eigenvalue weighted by Crippen LogP contribution is 2.26. The molecule has 3 aromatic heterocycles. The van der Waals surface area contributed by atoms with E-state index in [1.807, 2.05) is 6.92 Å². The average molecular weight is 469 g/mol. The molecule has 3 aromatic rings. The second kappa shape index (κ2) is 9.64. The Balaban J connectivity index is 1.35. The number of rotatable bonds is 8. The molecule has 3 heterocycles. The van der Waals surface area contributed by atoms with Gasteiger partial charge in [0.15, 0.2) is 11.5 Å². The zero-order valence-electron chi connectivity index (χ0n) is 18.3. The van der Waals surface area contributed by atoms with Gasteiger partial charge < -0.3 is 20.7 Å². The molecule has 4 rings (SSSR count). The van der Waals surface area contributed by atoms with Crippen molar-refractivity contribution in [1.82, 2.24) is 35.9 Å². The zero-order valence-corrected chi connectivity index (χ0v) is 18.3. The van der Waals surface area contributed by atoms with Crippen LogP contribution in [0.3, 0.4) is 0 Å². The number of aromatic amines is 3. The molecule has 0 unspecified atom stereocenters. The maximum Gasteiger partial charge on any atom is 0.343 e. The fourth-order valence-electron chi connectivity index (χ4n) is 3.93. The van der Waals surface area contributed by atoms with Crippen molar-refractivity contribution >= 4 is 29.2 Å². The van der Waals surface area contributed by atoms with E-state index in [4.69, 9.17) is 0 Å². The molecule has 1 atom stereocenters. The number of nitrogens with one attached hydrogen (secondary N) is 5. The molecule has 0 bridgehead atoms. The van der Waals surface area contributed by atoms with Crippen molar-refractivity contribution in [2.75, 3.05) is 5.32 Å². The van der Waals surface area contributed by atoms with Gasteiger partial charge in [-0.15, -0.1) is 5.10 Å². The van der Waals surface area contributed by atoms with Gasteiger partial charge in [0.2, 0.25) is 5.78 Å². The fourth-order valence-corrected chi connectivity index (χ4v) is 3.93. The van der Waals surface area contributed by atoms with Gasteiger partial charge in [-0.05, 0) is 30.6 Å². The van der Waals surface area contributed by atoms with Crippen LogP contribution in [-0.2, 0) is 0 Å². The number of carbonyl (C=O) groups is 3. The minimum atomic E-state index is -0.720. The Labute approximate surface area is 192 Å². The molecule has 178 valence electrons. The van der Waals surface area contributed by atoms with Gasteiger partial charge in [-0.3, -0.25) is 24.6 Å². The molecule has 14 nitrogen and oxygen atoms in total. The standard InChI is InChI=1S/C20H23N9O5/c1-10(11-5-3-2-4-6-11)21-19(31)15-8-16(27-26-15)22-20(32)14-7-12(23-25-14)18(30)13-9-17(28-24-13)29(33)34/h7-11H,2-6H2,1H3,(H,21,31)(H,23,25)(H,24,28)(H2,22,26,27,32)/t10-/m1/s1. The number of nitro groups is 1. The first-order valence-electron chi connectivity index (χ1n) is 10.8. The summed E-state index contributed by atoms with van der Waals surface area (Å²) in [5, 5.41) is 34.6. The lowest BCUT2D eigenvalue weighted by molar-refractivity contribution is -0.389. The summed E-state index contributed by atoms with van der Waals surface area (Å²) in [7, 11) is 0. The van der Waals surface area contributed by atoms with Gasteiger partial charge >= 0.3 is 5.82 Å². The molecule has 1 saturated carbocycles. The Bertz CT molecular complexity index is 1220. The average Bonchev–Trinajstić information content (AvgIpc) is 3.60. The predicted molar refractivity (Wildman–Crippen MR) is 117 cm³/mol. The van der Waals surface area contributed by atoms with E-state index in [-0.39, 0.29) is 40.5 Å². The van der Waals surface area contributed by atoms with Gasteiger partial charge in [0.05, 0.1) is 6.07 Å². The van der Waals surface area contributed by atoms with Gasteiger partial charge in [-0.2, -0.15) is 10.2 Å². The number of H-pyrrole nitrogens is 3. The van der Waals surface area contributed by atoms with Crippen molar-refractivity contribution in [3.8, 4) is 0 Å². The van der Waals surface area contributed by atoms with Crippen LogP contribution in [0.2, 0.25) is 0 Å². The third kappa shape index (κ3) is 5.00. The summed E-state index contributed by atoms with van der Waals surface area (Å²) in [5.74, 6) is -1.54. The first kappa shape index (κ1) is 22.8. The van der Waals surface area contributed by atoms with Gasteiger partial charge in [-0.25, -0.2) is 0 Å². The molecule has 0 aromatic carbocycles. The maximum atomic E-state index is 12.5. The number of carbonyl (C=O) groups excluding carboxylic acids is 3. The fraction of sp³-hybridized carbons (Fsp3) is 0.400. The van der Waals surface area contributed by atoms with Gasteiger partial charge in [0.25, 0.3) is 11.8 Å². The molecule has 14 heteroatoms. The van der Waals surface area contributed by atoms with Crippen LogP contribution in [0.5, 0.6) is 0 Å². The number of hydrogen-bond acceptors (Lipinski definition) is 8. The molecule has 1 aliphatic carbocycles. The molecule has 0 radical (unpaired) electrons. The molecular weight excluding hydrogens is 446 g/mol. The maximum absolute atomic E-state index is 12.5. The van der Waals surface area contributed by atoms with Crippen molar-refractivity contribution in [1.29, 1.82) is 0 Å². The summed E-state index contributed by atoms with van der Waals surface area (Å²) in [6, 6.07) is 3.60. The molecule has 34 heavy (non-hydrogen) atoms. The summed E-state index contributed by atoms with van der Waals surface area (Å²) in [4.78, 5) is 47.4. The molecule has 1 aliphatic rings. The highest BCUT2D eigenvalue weighted by molar-refractivity contribution is 6.09. The lowest BCUT2D eigenvalue weighted by Crippen LogP contribution is -2.39. The van der Waals surface area contributed by atoms with E-state index in [1.165, 1.54) is 31.4 Å². The van der Waals surface area contributed by atoms with Crippen molar-refractivity contribution in [2.45, 2.75) is 45.1 Å². The van der Waals surface area contributed by atoms with Crippen molar-refractivity contribution in [3.05, 3.63) is 51.1 Å². The Morgan fingerprint density at radius 3 is 2.32 bits per heavy atom. The summed E-state index contributed by atoms with van der Waals surface area (Å²) in [5.41, 5.74) is -0.201. The van der Waals surface area contributed by atoms with Crippen LogP contribution in [0.25, 0.3) is 0 Å². The van der Waals surface area contributed by atoms with Crippen LogP contribution >= 0.6 is 0 Å². The normalized spacial score (nSPS) is 15.0. The van der Waals surface area contributed by atoms with Crippen LogP contribution in [0.15, 0.2) is 18.2 Å². The highest BCUT2D eigenvalue weighted by Gasteiger charge is 2.24. The molecule has 0 saturated heterocycles. The molecule has 1 fully saturated rings. The van der Waals surface area contributed by atoms with Crippen LogP contribution in [0.4, 0.5) is 11.6 Å². The smallest absolute Gasteiger partial charge is 0.343 e. The monoisotopic (exact) mass is 469 g/mol. The Kier molecular flexibility index (Phi) is 6.47. The van der Waals surface area contributed by atoms with Crippen molar-refractivity contribution in [3.63, 3.8) is 0 Å². The van der Waals surface area contributed by atoms with E-state index in [0.29, 0.717) is 5.92 Å². The van der Waals surface area contributed by atoms with Crippen molar-refractivity contribution in [2.24, 2.45) is 5.92 Å². The second-order valence-electron chi connectivity index (χ2n) is 8.17. The zero-order chi connectivity index (χ0) is 24.2. The van der Waals surface area contributed by atoms with Crippen LogP contribution in [0.1, 0.15) is 76.2 Å². The molecule has 0 aliphatic heterocycles. The lowest BCUT2D eigenvalue weighted by atomic mass is 9.84. The topological polar surface area (TPSA) is 204 Å². The largest absolute Gasteiger partial charge is 0.358 e. The third-order valence-electron chi connectivity index (χ3n) is 5.83. The SMILES string of the molecule is C[C@@H](NC(=O)c1cc(NC(=O)c2cc(C(=O)c3cc([N+](=O)[O-])[nH]n3)n[nH]2)n[nH]1)C1CCCCC1. The van der Waals surface area contributed by atoms with E-state index < -0.39 is 22.4 Å². The van der Waals surface area contributed by atoms with Crippen LogP contribution in [-0.4, -0.2) is 59.2 Å². The van der Waals surface area contributed by atoms with E-state index in [1.54, 1.807) is 0 Å². The van der Waals surface area contributed by atoms with E-state index in [9.17, 15) is 24.5 Å². The van der Waals surface area contributed by atoms with Gasteiger partial charge in [0.1, 0.15) is 17.1 Å². The first-order chi connectivity index (χ1) is 16.3. The highest BCUT2D eigenvalue weighted by atomic mass is 16.6. The number of aromatic nitrogens is 6. The first-order valence-corrected chi connectivity index (χ1v) is 10.8. The third-order valence-corrected chi connectivity index (χ3v) is 5.83. The summed E-state index contributed by atoms with van der Waals surface area (Å²) < 4.78 is 0. The summed E-state index contributed by atoms with van der Waals surface area (Å²) >= 11 is 0. The Morgan fingerprint density at radius 1 is 0.971 bits per heavy atom. The van der Waals surface area contributed by atoms with Gasteiger partial charge in [-0.1, -0.05) is 24.4 Å². The molecule has 5 N–H and O–H groups in total. The number of amides is 2. The van der Waals surface area contributed by atoms with Crippen molar-refractivity contribution < 1.29 is 19.3 Å². The van der Waals surface area contributed by atoms with Crippen LogP contribution < -0.4 is 10.6 Å². The minimum absolute atomic E-state index is 0.0334. The van der Waals surface area contributed by atoms with Crippen LogP contribution in [0, 0.1) is 16.0 Å². The van der Waals surface area contributed by atoms with E-state index in [2.05, 4.69) is 41.2 Å². The Hall–Kier alpha value is -4.36. The summed E-state index contributed by atoms with van der Waals surface area (Å²) in [6.45, 7) is 1.99. The van der Waals surface area contributed by atoms with E-state index in [0.717, 1.165) is 18.9 Å². The minimum Gasteiger partial charge on any atom is -0.358 e. The second-order valence-corrected chi connectivity index (χ2v) is 8.17. The van der Waals surface area contributed by atoms with Gasteiger partial charge in [0, 0.05) is 18.2 Å². The summed E-state index contributed by atoms with van der Waals surface area (Å²) in [6.07, 6.45) is 5.77. The number of nitrogens with zero attached hydrogens (tertiary/aromatic N) is 4. The quantitative estimate of drug-likeness (QED) is 0.187. The predicted octanol–water partition coefficient (Wildman–Crippen LogP) is 1.95. The Morgan fingerprint density at radius 2 is 1.62 bits per heavy atom. The number of hydrogen-bond donors (Lipinski definition) is 5. The number of ketones is 1.